The number of anilines is 1. The number of rotatable bonds is 4. The molecule has 3 rings (SSSR count). The Morgan fingerprint density at radius 3 is 3.18 bits per heavy atom. The first-order chi connectivity index (χ1) is 10.7. The van der Waals surface area contributed by atoms with E-state index < -0.39 is 0 Å². The van der Waals surface area contributed by atoms with Crippen molar-refractivity contribution in [3.63, 3.8) is 0 Å². The largest absolute Gasteiger partial charge is 0.331 e. The molecule has 0 saturated carbocycles. The molecule has 7 heteroatoms. The van der Waals surface area contributed by atoms with Gasteiger partial charge in [-0.25, -0.2) is 4.98 Å². The summed E-state index contributed by atoms with van der Waals surface area (Å²) in [4.78, 5) is 22.0. The van der Waals surface area contributed by atoms with Gasteiger partial charge in [0.1, 0.15) is 0 Å². The molecule has 2 aromatic rings. The van der Waals surface area contributed by atoms with Gasteiger partial charge in [0.15, 0.2) is 12.0 Å². The summed E-state index contributed by atoms with van der Waals surface area (Å²) in [6, 6.07) is 3.87. The molecule has 22 heavy (non-hydrogen) atoms. The summed E-state index contributed by atoms with van der Waals surface area (Å²) in [6.45, 7) is 1.78. The Morgan fingerprint density at radius 2 is 2.45 bits per heavy atom. The van der Waals surface area contributed by atoms with E-state index >= 15 is 0 Å². The van der Waals surface area contributed by atoms with Crippen LogP contribution >= 0.6 is 0 Å². The summed E-state index contributed by atoms with van der Waals surface area (Å²) in [5.74, 6) is 0.303. The molecule has 0 aromatic carbocycles. The molecule has 1 amide bonds. The van der Waals surface area contributed by atoms with Crippen LogP contribution in [0.4, 0.5) is 5.82 Å². The van der Waals surface area contributed by atoms with Gasteiger partial charge in [0.25, 0.3) is 0 Å². The third kappa shape index (κ3) is 3.23. The summed E-state index contributed by atoms with van der Waals surface area (Å²) >= 11 is 0. The molecule has 1 saturated heterocycles. The number of imidazole rings is 1. The number of likely N-dealkylation sites (tertiary alicyclic amines) is 1. The second-order valence-electron chi connectivity index (χ2n) is 5.31. The molecule has 0 radical (unpaired) electrons. The summed E-state index contributed by atoms with van der Waals surface area (Å²) in [6.07, 6.45) is 9.78. The van der Waals surface area contributed by atoms with E-state index in [1.165, 1.54) is 0 Å². The van der Waals surface area contributed by atoms with Crippen molar-refractivity contribution in [1.29, 1.82) is 5.26 Å². The molecule has 1 atom stereocenters. The topological polar surface area (TPSA) is 86.8 Å². The van der Waals surface area contributed by atoms with Crippen LogP contribution < -0.4 is 5.32 Å². The number of aromatic nitrogens is 3. The predicted molar refractivity (Wildman–Crippen MR) is 79.5 cm³/mol. The number of carbonyl (C=O) groups is 1. The highest BCUT2D eigenvalue weighted by Crippen LogP contribution is 2.17. The maximum absolute atomic E-state index is 12.1. The number of hydrogen-bond donors (Lipinski definition) is 1. The minimum Gasteiger partial charge on any atom is -0.331 e. The third-order valence-corrected chi connectivity index (χ3v) is 3.67. The fraction of sp³-hybridized carbons (Fsp3) is 0.333. The van der Waals surface area contributed by atoms with E-state index in [9.17, 15) is 4.79 Å². The lowest BCUT2D eigenvalue weighted by Gasteiger charge is -2.08. The smallest absolute Gasteiger partial charge is 0.230 e. The second-order valence-corrected chi connectivity index (χ2v) is 5.31. The molecule has 0 aliphatic carbocycles. The zero-order valence-corrected chi connectivity index (χ0v) is 12.0. The first-order valence-corrected chi connectivity index (χ1v) is 7.11. The van der Waals surface area contributed by atoms with Gasteiger partial charge >= 0.3 is 0 Å². The molecular weight excluding hydrogens is 280 g/mol. The summed E-state index contributed by atoms with van der Waals surface area (Å²) in [5.41, 5.74) is 1.07. The van der Waals surface area contributed by atoms with Crippen molar-refractivity contribution in [2.45, 2.75) is 13.0 Å². The summed E-state index contributed by atoms with van der Waals surface area (Å²) in [7, 11) is 0. The average Bonchev–Trinajstić information content (AvgIpc) is 3.17. The highest BCUT2D eigenvalue weighted by Gasteiger charge is 2.28. The molecule has 0 bridgehead atoms. The number of nitrogens with zero attached hydrogens (tertiary/aromatic N) is 5. The highest BCUT2D eigenvalue weighted by atomic mass is 16.2. The van der Waals surface area contributed by atoms with Crippen molar-refractivity contribution in [3.05, 3.63) is 42.6 Å². The van der Waals surface area contributed by atoms with E-state index in [4.69, 9.17) is 5.26 Å². The molecule has 2 aromatic heterocycles. The van der Waals surface area contributed by atoms with Gasteiger partial charge in [0.2, 0.25) is 5.91 Å². The van der Waals surface area contributed by atoms with Crippen LogP contribution in [0.1, 0.15) is 12.0 Å². The first-order valence-electron chi connectivity index (χ1n) is 7.11. The Labute approximate surface area is 128 Å². The minimum atomic E-state index is -0.150. The zero-order valence-electron chi connectivity index (χ0n) is 12.0. The molecular formula is C15H16N6O. The Hall–Kier alpha value is -2.88. The maximum atomic E-state index is 12.1. The lowest BCUT2D eigenvalue weighted by atomic mass is 10.1. The Bertz CT molecular complexity index is 690. The zero-order chi connectivity index (χ0) is 15.4. The van der Waals surface area contributed by atoms with Gasteiger partial charge in [-0.3, -0.25) is 9.78 Å². The van der Waals surface area contributed by atoms with Gasteiger partial charge in [-0.2, -0.15) is 5.26 Å². The van der Waals surface area contributed by atoms with Crippen molar-refractivity contribution in [2.75, 3.05) is 18.4 Å². The van der Waals surface area contributed by atoms with Crippen LogP contribution in [0.3, 0.4) is 0 Å². The molecule has 3 heterocycles. The highest BCUT2D eigenvalue weighted by molar-refractivity contribution is 5.91. The van der Waals surface area contributed by atoms with Crippen molar-refractivity contribution in [2.24, 2.45) is 5.92 Å². The number of pyridine rings is 1. The Balaban J connectivity index is 1.58. The molecule has 1 N–H and O–H groups in total. The molecule has 7 nitrogen and oxygen atoms in total. The lowest BCUT2D eigenvalue weighted by Crippen LogP contribution is -2.25. The van der Waals surface area contributed by atoms with E-state index in [-0.39, 0.29) is 11.8 Å². The van der Waals surface area contributed by atoms with E-state index in [0.717, 1.165) is 5.56 Å². The maximum Gasteiger partial charge on any atom is 0.230 e. The Morgan fingerprint density at radius 1 is 1.55 bits per heavy atom. The van der Waals surface area contributed by atoms with Gasteiger partial charge in [-0.15, -0.1) is 0 Å². The van der Waals surface area contributed by atoms with Crippen LogP contribution in [0.15, 0.2) is 37.1 Å². The van der Waals surface area contributed by atoms with Crippen molar-refractivity contribution < 1.29 is 4.79 Å². The number of carbonyl (C=O) groups excluding carboxylic acids is 1. The van der Waals surface area contributed by atoms with Gasteiger partial charge in [-0.1, -0.05) is 6.07 Å². The third-order valence-electron chi connectivity index (χ3n) is 3.67. The van der Waals surface area contributed by atoms with E-state index in [1.807, 2.05) is 16.7 Å². The van der Waals surface area contributed by atoms with Crippen LogP contribution in [0.25, 0.3) is 0 Å². The van der Waals surface area contributed by atoms with Gasteiger partial charge in [0, 0.05) is 31.7 Å². The predicted octanol–water partition coefficient (Wildman–Crippen LogP) is 1.07. The normalized spacial score (nSPS) is 17.2. The van der Waals surface area contributed by atoms with Gasteiger partial charge in [0.05, 0.1) is 18.8 Å². The van der Waals surface area contributed by atoms with Crippen LogP contribution in [0.5, 0.6) is 0 Å². The van der Waals surface area contributed by atoms with Crippen LogP contribution in [0.2, 0.25) is 0 Å². The van der Waals surface area contributed by atoms with E-state index in [2.05, 4.69) is 21.5 Å². The summed E-state index contributed by atoms with van der Waals surface area (Å²) < 4.78 is 1.89. The monoisotopic (exact) mass is 296 g/mol. The minimum absolute atomic E-state index is 0.0793. The molecule has 0 unspecified atom stereocenters. The fourth-order valence-corrected chi connectivity index (χ4v) is 2.51. The van der Waals surface area contributed by atoms with Crippen LogP contribution in [0, 0.1) is 17.4 Å². The van der Waals surface area contributed by atoms with Gasteiger partial charge in [-0.05, 0) is 18.1 Å². The van der Waals surface area contributed by atoms with Gasteiger partial charge < -0.3 is 14.8 Å². The quantitative estimate of drug-likeness (QED) is 0.853. The molecule has 1 aliphatic heterocycles. The van der Waals surface area contributed by atoms with E-state index in [1.54, 1.807) is 29.8 Å². The van der Waals surface area contributed by atoms with E-state index in [0.29, 0.717) is 31.9 Å². The number of nitriles is 1. The molecule has 0 spiro atoms. The summed E-state index contributed by atoms with van der Waals surface area (Å²) in [5, 5.41) is 11.6. The number of hydrogen-bond acceptors (Lipinski definition) is 5. The van der Waals surface area contributed by atoms with Crippen LogP contribution in [-0.2, 0) is 11.3 Å². The number of amides is 1. The molecule has 1 aliphatic rings. The average molecular weight is 296 g/mol. The SMILES string of the molecule is N#CN1CC[C@H](C(=O)Nc2cn(Cc3cccnc3)cn2)C1. The number of nitrogens with one attached hydrogen (secondary N) is 1. The second kappa shape index (κ2) is 6.26. The standard InChI is InChI=1S/C15H16N6O/c16-10-20-5-3-13(8-20)15(22)19-14-9-21(11-18-14)7-12-2-1-4-17-6-12/h1-2,4,6,9,11,13H,3,5,7-8H2,(H,19,22)/t13-/m0/s1. The lowest BCUT2D eigenvalue weighted by molar-refractivity contribution is -0.119. The van der Waals surface area contributed by atoms with Crippen molar-refractivity contribution in [3.8, 4) is 6.19 Å². The molecule has 112 valence electrons. The molecule has 1 fully saturated rings. The first kappa shape index (κ1) is 14.1. The van der Waals surface area contributed by atoms with Crippen molar-refractivity contribution >= 4 is 11.7 Å². The van der Waals surface area contributed by atoms with Crippen molar-refractivity contribution in [1.82, 2.24) is 19.4 Å². The fourth-order valence-electron chi connectivity index (χ4n) is 2.51. The van der Waals surface area contributed by atoms with Crippen LogP contribution in [-0.4, -0.2) is 38.4 Å². The Kier molecular flexibility index (Phi) is 4.01.